The van der Waals surface area contributed by atoms with Crippen molar-refractivity contribution in [2.75, 3.05) is 21.3 Å². The van der Waals surface area contributed by atoms with Crippen LogP contribution >= 0.6 is 69.6 Å². The lowest BCUT2D eigenvalue weighted by atomic mass is 10.1. The average Bonchev–Trinajstić information content (AvgIpc) is 2.58. The summed E-state index contributed by atoms with van der Waals surface area (Å²) in [6.45, 7) is 0. The monoisotopic (exact) mass is 479 g/mol. The number of halogens is 6. The Balaban J connectivity index is 2.75. The molecule has 0 unspecified atom stereocenters. The van der Waals surface area contributed by atoms with Gasteiger partial charge in [0.15, 0.2) is 29.0 Å². The van der Waals surface area contributed by atoms with Gasteiger partial charge in [-0.15, -0.1) is 0 Å². The highest BCUT2D eigenvalue weighted by molar-refractivity contribution is 6.67. The van der Waals surface area contributed by atoms with Crippen LogP contribution in [0.25, 0.3) is 11.4 Å². The third-order valence-electron chi connectivity index (χ3n) is 3.07. The highest BCUT2D eigenvalue weighted by Gasteiger charge is 2.34. The second kappa shape index (κ2) is 8.17. The topological polar surface area (TPSA) is 66.4 Å². The van der Waals surface area contributed by atoms with Gasteiger partial charge in [0.2, 0.25) is 13.3 Å². The van der Waals surface area contributed by atoms with E-state index in [1.807, 2.05) is 0 Å². The van der Waals surface area contributed by atoms with Gasteiger partial charge >= 0.3 is 0 Å². The van der Waals surface area contributed by atoms with Crippen molar-refractivity contribution in [3.8, 4) is 28.6 Å². The van der Waals surface area contributed by atoms with Crippen molar-refractivity contribution in [1.29, 1.82) is 0 Å². The normalized spacial score (nSPS) is 12.0. The van der Waals surface area contributed by atoms with Crippen molar-refractivity contribution in [2.45, 2.75) is 7.59 Å². The van der Waals surface area contributed by atoms with Crippen molar-refractivity contribution in [1.82, 2.24) is 15.0 Å². The Morgan fingerprint density at radius 2 is 1.12 bits per heavy atom. The predicted molar refractivity (Wildman–Crippen MR) is 103 cm³/mol. The summed E-state index contributed by atoms with van der Waals surface area (Å²) in [4.78, 5) is 12.2. The van der Waals surface area contributed by atoms with Crippen LogP contribution in [-0.2, 0) is 7.59 Å². The number of aromatic nitrogens is 3. The van der Waals surface area contributed by atoms with E-state index in [4.69, 9.17) is 83.8 Å². The second-order valence-electron chi connectivity index (χ2n) is 4.72. The second-order valence-corrected chi connectivity index (χ2v) is 9.28. The number of alkyl halides is 6. The Bertz CT molecular complexity index is 750. The maximum Gasteiger partial charge on any atom is 0.250 e. The summed E-state index contributed by atoms with van der Waals surface area (Å²) in [5.74, 6) is 0.796. The number of ether oxygens (including phenoxy) is 3. The molecule has 1 heterocycles. The molecule has 0 saturated heterocycles. The molecule has 142 valence electrons. The van der Waals surface area contributed by atoms with Gasteiger partial charge in [-0.05, 0) is 12.1 Å². The van der Waals surface area contributed by atoms with E-state index in [0.29, 0.717) is 22.8 Å². The summed E-state index contributed by atoms with van der Waals surface area (Å²) in [7, 11) is 4.41. The minimum Gasteiger partial charge on any atom is -0.493 e. The molecule has 0 N–H and O–H groups in total. The molecule has 0 radical (unpaired) electrons. The van der Waals surface area contributed by atoms with Gasteiger partial charge in [-0.2, -0.15) is 0 Å². The summed E-state index contributed by atoms with van der Waals surface area (Å²) < 4.78 is 12.0. The van der Waals surface area contributed by atoms with E-state index in [9.17, 15) is 0 Å². The first-order chi connectivity index (χ1) is 12.0. The number of rotatable bonds is 4. The van der Waals surface area contributed by atoms with Crippen LogP contribution in [0.4, 0.5) is 0 Å². The number of benzene rings is 1. The third-order valence-corrected chi connectivity index (χ3v) is 4.08. The maximum atomic E-state index is 5.88. The van der Waals surface area contributed by atoms with Crippen LogP contribution < -0.4 is 14.2 Å². The van der Waals surface area contributed by atoms with E-state index in [2.05, 4.69) is 15.0 Å². The van der Waals surface area contributed by atoms with Crippen LogP contribution in [-0.4, -0.2) is 36.3 Å². The van der Waals surface area contributed by atoms with Gasteiger partial charge in [-0.25, -0.2) is 15.0 Å². The lowest BCUT2D eigenvalue weighted by Crippen LogP contribution is -2.16. The minimum atomic E-state index is -1.96. The van der Waals surface area contributed by atoms with E-state index < -0.39 is 7.59 Å². The fourth-order valence-electron chi connectivity index (χ4n) is 1.97. The summed E-state index contributed by atoms with van der Waals surface area (Å²) in [6.07, 6.45) is 0. The summed E-state index contributed by atoms with van der Waals surface area (Å²) in [5.41, 5.74) is 0.438. The van der Waals surface area contributed by atoms with Crippen molar-refractivity contribution < 1.29 is 14.2 Å². The molecule has 0 aliphatic heterocycles. The van der Waals surface area contributed by atoms with Gasteiger partial charge in [-0.1, -0.05) is 69.6 Å². The lowest BCUT2D eigenvalue weighted by molar-refractivity contribution is 0.324. The molecule has 0 aliphatic rings. The Hall–Kier alpha value is -0.630. The summed E-state index contributed by atoms with van der Waals surface area (Å²) in [5, 5.41) is 0. The molecule has 6 nitrogen and oxygen atoms in total. The summed E-state index contributed by atoms with van der Waals surface area (Å²) in [6, 6.07) is 3.20. The van der Waals surface area contributed by atoms with Crippen molar-refractivity contribution in [3.63, 3.8) is 0 Å². The van der Waals surface area contributed by atoms with E-state index in [1.54, 1.807) is 12.1 Å². The van der Waals surface area contributed by atoms with Crippen LogP contribution in [0, 0.1) is 0 Å². The zero-order valence-electron chi connectivity index (χ0n) is 13.5. The molecule has 12 heteroatoms. The van der Waals surface area contributed by atoms with Gasteiger partial charge in [-0.3, -0.25) is 0 Å². The van der Waals surface area contributed by atoms with E-state index in [1.165, 1.54) is 21.3 Å². The highest BCUT2D eigenvalue weighted by Crippen LogP contribution is 2.43. The van der Waals surface area contributed by atoms with Crippen molar-refractivity contribution >= 4 is 69.6 Å². The minimum absolute atomic E-state index is 0.0851. The molecule has 0 atom stereocenters. The quantitative estimate of drug-likeness (QED) is 0.558. The molecule has 0 fully saturated rings. The van der Waals surface area contributed by atoms with Gasteiger partial charge < -0.3 is 14.2 Å². The number of hydrogen-bond donors (Lipinski definition) is 0. The van der Waals surface area contributed by atoms with Crippen LogP contribution in [0.3, 0.4) is 0 Å². The first-order valence-corrected chi connectivity index (χ1v) is 8.99. The van der Waals surface area contributed by atoms with E-state index in [-0.39, 0.29) is 17.5 Å². The first kappa shape index (κ1) is 21.7. The van der Waals surface area contributed by atoms with Crippen LogP contribution in [0.15, 0.2) is 12.1 Å². The fourth-order valence-corrected chi connectivity index (χ4v) is 2.48. The number of methoxy groups -OCH3 is 3. The molecule has 0 aliphatic carbocycles. The Kier molecular flexibility index (Phi) is 6.81. The zero-order chi connectivity index (χ0) is 19.7. The molecule has 0 bridgehead atoms. The highest BCUT2D eigenvalue weighted by atomic mass is 35.6. The molecule has 0 spiro atoms. The van der Waals surface area contributed by atoms with Crippen LogP contribution in [0.5, 0.6) is 17.2 Å². The predicted octanol–water partition coefficient (Wildman–Crippen LogP) is 5.22. The maximum absolute atomic E-state index is 5.88. The first-order valence-electron chi connectivity index (χ1n) is 6.72. The van der Waals surface area contributed by atoms with Gasteiger partial charge in [0, 0.05) is 5.56 Å². The largest absolute Gasteiger partial charge is 0.493 e. The third kappa shape index (κ3) is 4.80. The molecule has 2 rings (SSSR count). The number of nitrogens with zero attached hydrogens (tertiary/aromatic N) is 3. The molecule has 2 aromatic rings. The van der Waals surface area contributed by atoms with Gasteiger partial charge in [0.1, 0.15) is 0 Å². The standard InChI is InChI=1S/C14H11Cl6N3O3/c1-24-7-4-6(5-8(25-2)9(7)26-3)10-21-11(13(15,16)17)23-12(22-10)14(18,19)20/h4-5H,1-3H3. The number of hydrogen-bond acceptors (Lipinski definition) is 6. The van der Waals surface area contributed by atoms with Gasteiger partial charge in [0.25, 0.3) is 0 Å². The van der Waals surface area contributed by atoms with Gasteiger partial charge in [0.05, 0.1) is 21.3 Å². The molecule has 0 saturated carbocycles. The van der Waals surface area contributed by atoms with Crippen molar-refractivity contribution in [3.05, 3.63) is 23.8 Å². The molecule has 1 aromatic heterocycles. The average molecular weight is 482 g/mol. The molecular formula is C14H11Cl6N3O3. The molecular weight excluding hydrogens is 471 g/mol. The Labute approximate surface area is 179 Å². The Morgan fingerprint density at radius 3 is 1.42 bits per heavy atom. The SMILES string of the molecule is COc1cc(-c2nc(C(Cl)(Cl)Cl)nc(C(Cl)(Cl)Cl)n2)cc(OC)c1OC. The fraction of sp³-hybridized carbons (Fsp3) is 0.357. The molecule has 26 heavy (non-hydrogen) atoms. The van der Waals surface area contributed by atoms with Crippen molar-refractivity contribution in [2.24, 2.45) is 0 Å². The molecule has 1 aromatic carbocycles. The smallest absolute Gasteiger partial charge is 0.250 e. The zero-order valence-corrected chi connectivity index (χ0v) is 18.0. The molecule has 0 amide bonds. The lowest BCUT2D eigenvalue weighted by Gasteiger charge is -2.17. The Morgan fingerprint density at radius 1 is 0.692 bits per heavy atom. The summed E-state index contributed by atoms with van der Waals surface area (Å²) >= 11 is 35.3. The van der Waals surface area contributed by atoms with E-state index >= 15 is 0 Å². The van der Waals surface area contributed by atoms with Crippen LogP contribution in [0.2, 0.25) is 0 Å². The van der Waals surface area contributed by atoms with Crippen LogP contribution in [0.1, 0.15) is 11.6 Å². The van der Waals surface area contributed by atoms with E-state index in [0.717, 1.165) is 0 Å².